The first-order chi connectivity index (χ1) is 7.75. The molecular formula is C9H8N6O. The summed E-state index contributed by atoms with van der Waals surface area (Å²) in [6.45, 7) is 0. The molecule has 0 unspecified atom stereocenters. The Bertz CT molecular complexity index is 483. The zero-order valence-electron chi connectivity index (χ0n) is 8.16. The highest BCUT2D eigenvalue weighted by Crippen LogP contribution is 2.06. The molecule has 0 saturated carbocycles. The van der Waals surface area contributed by atoms with Gasteiger partial charge in [0, 0.05) is 6.20 Å². The van der Waals surface area contributed by atoms with Crippen molar-refractivity contribution >= 4 is 17.7 Å². The van der Waals surface area contributed by atoms with Crippen molar-refractivity contribution in [1.29, 1.82) is 0 Å². The highest BCUT2D eigenvalue weighted by molar-refractivity contribution is 5.90. The molecular weight excluding hydrogens is 208 g/mol. The van der Waals surface area contributed by atoms with Gasteiger partial charge in [0.2, 0.25) is 5.95 Å². The number of pyridine rings is 1. The van der Waals surface area contributed by atoms with Crippen LogP contribution in [-0.2, 0) is 0 Å². The van der Waals surface area contributed by atoms with E-state index < -0.39 is 5.91 Å². The third-order valence-electron chi connectivity index (χ3n) is 1.72. The number of carbonyl (C=O) groups excluding carboxylic acids is 1. The summed E-state index contributed by atoms with van der Waals surface area (Å²) in [5.74, 6) is 0.184. The molecule has 0 aliphatic heterocycles. The highest BCUT2D eigenvalue weighted by Gasteiger charge is 2.04. The number of nitrogens with one attached hydrogen (secondary N) is 1. The molecule has 0 saturated heterocycles. The maximum atomic E-state index is 10.7. The molecule has 80 valence electrons. The molecule has 0 spiro atoms. The summed E-state index contributed by atoms with van der Waals surface area (Å²) >= 11 is 0. The number of hydrogen-bond donors (Lipinski definition) is 2. The fourth-order valence-electron chi connectivity index (χ4n) is 0.997. The summed E-state index contributed by atoms with van der Waals surface area (Å²) < 4.78 is 0. The van der Waals surface area contributed by atoms with E-state index in [4.69, 9.17) is 5.73 Å². The van der Waals surface area contributed by atoms with Crippen LogP contribution in [0.15, 0.2) is 30.6 Å². The van der Waals surface area contributed by atoms with Crippen LogP contribution in [0, 0.1) is 0 Å². The van der Waals surface area contributed by atoms with Crippen molar-refractivity contribution in [2.45, 2.75) is 0 Å². The van der Waals surface area contributed by atoms with Crippen LogP contribution in [0.1, 0.15) is 10.5 Å². The molecule has 3 N–H and O–H groups in total. The average molecular weight is 216 g/mol. The second-order valence-electron chi connectivity index (χ2n) is 2.87. The minimum absolute atomic E-state index is 0.0200. The fraction of sp³-hybridized carbons (Fsp3) is 0. The van der Waals surface area contributed by atoms with E-state index in [-0.39, 0.29) is 11.6 Å². The summed E-state index contributed by atoms with van der Waals surface area (Å²) in [5.41, 5.74) is 5.02. The molecule has 2 rings (SSSR count). The lowest BCUT2D eigenvalue weighted by Gasteiger charge is -2.01. The molecule has 2 heterocycles. The number of aromatic nitrogens is 4. The van der Waals surface area contributed by atoms with Crippen LogP contribution in [0.2, 0.25) is 0 Å². The van der Waals surface area contributed by atoms with Crippen LogP contribution < -0.4 is 11.1 Å². The van der Waals surface area contributed by atoms with E-state index in [0.29, 0.717) is 5.82 Å². The molecule has 2 aromatic heterocycles. The summed E-state index contributed by atoms with van der Waals surface area (Å²) in [7, 11) is 0. The van der Waals surface area contributed by atoms with Gasteiger partial charge in [-0.25, -0.2) is 9.97 Å². The molecule has 16 heavy (non-hydrogen) atoms. The van der Waals surface area contributed by atoms with Gasteiger partial charge in [-0.1, -0.05) is 6.07 Å². The largest absolute Gasteiger partial charge is 0.364 e. The second-order valence-corrected chi connectivity index (χ2v) is 2.87. The van der Waals surface area contributed by atoms with Gasteiger partial charge >= 0.3 is 0 Å². The van der Waals surface area contributed by atoms with Gasteiger partial charge in [0.1, 0.15) is 5.82 Å². The van der Waals surface area contributed by atoms with Crippen molar-refractivity contribution in [3.63, 3.8) is 0 Å². The smallest absolute Gasteiger partial charge is 0.270 e. The Morgan fingerprint density at radius 2 is 2.12 bits per heavy atom. The second kappa shape index (κ2) is 4.30. The first-order valence-electron chi connectivity index (χ1n) is 4.43. The van der Waals surface area contributed by atoms with Gasteiger partial charge in [-0.3, -0.25) is 4.79 Å². The Hall–Kier alpha value is -2.57. The first-order valence-corrected chi connectivity index (χ1v) is 4.43. The maximum absolute atomic E-state index is 10.7. The lowest BCUT2D eigenvalue weighted by Crippen LogP contribution is -2.15. The predicted molar refractivity (Wildman–Crippen MR) is 55.9 cm³/mol. The quantitative estimate of drug-likeness (QED) is 0.754. The number of nitrogens with zero attached hydrogens (tertiary/aromatic N) is 4. The molecule has 0 aromatic carbocycles. The van der Waals surface area contributed by atoms with Crippen LogP contribution in [0.25, 0.3) is 0 Å². The van der Waals surface area contributed by atoms with E-state index in [1.807, 2.05) is 6.07 Å². The van der Waals surface area contributed by atoms with Gasteiger partial charge in [0.05, 0.1) is 6.20 Å². The van der Waals surface area contributed by atoms with Gasteiger partial charge < -0.3 is 11.1 Å². The Morgan fingerprint density at radius 3 is 2.69 bits per heavy atom. The summed E-state index contributed by atoms with van der Waals surface area (Å²) in [5, 5.41) is 10.1. The number of rotatable bonds is 3. The minimum atomic E-state index is -0.663. The fourth-order valence-corrected chi connectivity index (χ4v) is 0.997. The molecule has 0 fully saturated rings. The van der Waals surface area contributed by atoms with E-state index in [0.717, 1.165) is 0 Å². The highest BCUT2D eigenvalue weighted by atomic mass is 16.1. The standard InChI is InChI=1S/C9H8N6O/c10-8(16)6-5-12-9(15-14-6)13-7-3-1-2-4-11-7/h1-5H,(H2,10,16)(H,11,12,13,15). The minimum Gasteiger partial charge on any atom is -0.364 e. The van der Waals surface area contributed by atoms with Crippen LogP contribution in [0.5, 0.6) is 0 Å². The van der Waals surface area contributed by atoms with Crippen LogP contribution in [-0.4, -0.2) is 26.1 Å². The van der Waals surface area contributed by atoms with E-state index in [2.05, 4.69) is 25.5 Å². The Labute approximate surface area is 90.8 Å². The first kappa shape index (κ1) is 9.97. The topological polar surface area (TPSA) is 107 Å². The van der Waals surface area contributed by atoms with Crippen molar-refractivity contribution in [3.8, 4) is 0 Å². The van der Waals surface area contributed by atoms with Crippen molar-refractivity contribution in [2.75, 3.05) is 5.32 Å². The Kier molecular flexibility index (Phi) is 2.68. The van der Waals surface area contributed by atoms with E-state index >= 15 is 0 Å². The van der Waals surface area contributed by atoms with Gasteiger partial charge in [-0.05, 0) is 12.1 Å². The summed E-state index contributed by atoms with van der Waals surface area (Å²) in [6.07, 6.45) is 2.88. The molecule has 7 nitrogen and oxygen atoms in total. The Morgan fingerprint density at radius 1 is 1.25 bits per heavy atom. The number of anilines is 2. The monoisotopic (exact) mass is 216 g/mol. The average Bonchev–Trinajstić information content (AvgIpc) is 2.31. The third-order valence-corrected chi connectivity index (χ3v) is 1.72. The number of hydrogen-bond acceptors (Lipinski definition) is 6. The number of amides is 1. The van der Waals surface area contributed by atoms with E-state index in [9.17, 15) is 4.79 Å². The summed E-state index contributed by atoms with van der Waals surface area (Å²) in [4.78, 5) is 18.6. The van der Waals surface area contributed by atoms with Crippen molar-refractivity contribution in [1.82, 2.24) is 20.2 Å². The zero-order chi connectivity index (χ0) is 11.4. The van der Waals surface area contributed by atoms with Crippen LogP contribution >= 0.6 is 0 Å². The van der Waals surface area contributed by atoms with Gasteiger partial charge in [-0.15, -0.1) is 10.2 Å². The number of nitrogens with two attached hydrogens (primary N) is 1. The molecule has 2 aromatic rings. The molecule has 7 heteroatoms. The van der Waals surface area contributed by atoms with Crippen molar-refractivity contribution in [2.24, 2.45) is 5.73 Å². The number of primary amides is 1. The normalized spacial score (nSPS) is 9.75. The molecule has 0 bridgehead atoms. The zero-order valence-corrected chi connectivity index (χ0v) is 8.16. The SMILES string of the molecule is NC(=O)c1cnc(Nc2ccccn2)nn1. The van der Waals surface area contributed by atoms with Gasteiger partial charge in [-0.2, -0.15) is 0 Å². The van der Waals surface area contributed by atoms with Gasteiger partial charge in [0.15, 0.2) is 5.69 Å². The molecule has 0 aliphatic carbocycles. The predicted octanol–water partition coefficient (Wildman–Crippen LogP) is 0.109. The van der Waals surface area contributed by atoms with E-state index in [1.54, 1.807) is 18.3 Å². The Balaban J connectivity index is 2.14. The van der Waals surface area contributed by atoms with Gasteiger partial charge in [0.25, 0.3) is 5.91 Å². The van der Waals surface area contributed by atoms with Crippen molar-refractivity contribution in [3.05, 3.63) is 36.3 Å². The van der Waals surface area contributed by atoms with E-state index in [1.165, 1.54) is 6.20 Å². The van der Waals surface area contributed by atoms with Crippen LogP contribution in [0.4, 0.5) is 11.8 Å². The van der Waals surface area contributed by atoms with Crippen molar-refractivity contribution < 1.29 is 4.79 Å². The lowest BCUT2D eigenvalue weighted by atomic mass is 10.4. The third kappa shape index (κ3) is 2.27. The van der Waals surface area contributed by atoms with Crippen LogP contribution in [0.3, 0.4) is 0 Å². The molecule has 1 amide bonds. The summed E-state index contributed by atoms with van der Waals surface area (Å²) in [6, 6.07) is 5.37. The number of carbonyl (C=O) groups is 1. The lowest BCUT2D eigenvalue weighted by molar-refractivity contribution is 0.0994. The molecule has 0 aliphatic rings. The molecule has 0 radical (unpaired) electrons. The maximum Gasteiger partial charge on any atom is 0.270 e. The molecule has 0 atom stereocenters.